The molecular weight excluding hydrogens is 416 g/mol. The summed E-state index contributed by atoms with van der Waals surface area (Å²) in [7, 11) is 0. The number of hydrogen-bond acceptors (Lipinski definition) is 6. The van der Waals surface area contributed by atoms with Gasteiger partial charge in [0.2, 0.25) is 5.91 Å². The summed E-state index contributed by atoms with van der Waals surface area (Å²) in [6.07, 6.45) is 2.24. The van der Waals surface area contributed by atoms with Gasteiger partial charge in [-0.2, -0.15) is 0 Å². The Bertz CT molecular complexity index is 996. The smallest absolute Gasteiger partial charge is 0.237 e. The molecule has 9 heteroatoms. The lowest BCUT2D eigenvalue weighted by Crippen LogP contribution is -2.42. The SMILES string of the molecule is CCOc1ccc(CN2C[C@@H](n3cnnn3)C[C@H]2C(=O)NCc2ccccc2Cl)cc1. The van der Waals surface area contributed by atoms with E-state index < -0.39 is 0 Å². The van der Waals surface area contributed by atoms with Gasteiger partial charge in [0, 0.05) is 24.7 Å². The summed E-state index contributed by atoms with van der Waals surface area (Å²) in [5.41, 5.74) is 2.01. The first-order valence-corrected chi connectivity index (χ1v) is 10.7. The fraction of sp³-hybridized carbons (Fsp3) is 0.364. The van der Waals surface area contributed by atoms with Crippen molar-refractivity contribution in [3.63, 3.8) is 0 Å². The van der Waals surface area contributed by atoms with Gasteiger partial charge in [-0.3, -0.25) is 9.69 Å². The molecule has 0 radical (unpaired) electrons. The third-order valence-electron chi connectivity index (χ3n) is 5.45. The third-order valence-corrected chi connectivity index (χ3v) is 5.82. The number of hydrogen-bond donors (Lipinski definition) is 1. The van der Waals surface area contributed by atoms with Crippen LogP contribution in [0.5, 0.6) is 5.75 Å². The fourth-order valence-electron chi connectivity index (χ4n) is 3.89. The van der Waals surface area contributed by atoms with Crippen molar-refractivity contribution in [2.24, 2.45) is 0 Å². The molecule has 0 bridgehead atoms. The van der Waals surface area contributed by atoms with Crippen LogP contribution in [0.25, 0.3) is 0 Å². The molecule has 1 saturated heterocycles. The van der Waals surface area contributed by atoms with E-state index in [2.05, 4.69) is 25.7 Å². The first-order chi connectivity index (χ1) is 15.1. The third kappa shape index (κ3) is 5.21. The van der Waals surface area contributed by atoms with Crippen LogP contribution in [0.3, 0.4) is 0 Å². The number of ether oxygens (including phenoxy) is 1. The topological polar surface area (TPSA) is 85.2 Å². The number of likely N-dealkylation sites (tertiary alicyclic amines) is 1. The van der Waals surface area contributed by atoms with E-state index in [9.17, 15) is 4.79 Å². The molecule has 1 aliphatic heterocycles. The lowest BCUT2D eigenvalue weighted by molar-refractivity contribution is -0.125. The normalized spacial score (nSPS) is 18.8. The maximum atomic E-state index is 13.1. The quantitative estimate of drug-likeness (QED) is 0.579. The Balaban J connectivity index is 1.46. The number of amides is 1. The largest absolute Gasteiger partial charge is 0.494 e. The molecule has 8 nitrogen and oxygen atoms in total. The molecule has 0 saturated carbocycles. The van der Waals surface area contributed by atoms with Gasteiger partial charge >= 0.3 is 0 Å². The molecule has 2 heterocycles. The molecule has 2 aromatic carbocycles. The highest BCUT2D eigenvalue weighted by Crippen LogP contribution is 2.29. The van der Waals surface area contributed by atoms with Crippen LogP contribution in [0.4, 0.5) is 0 Å². The van der Waals surface area contributed by atoms with Crippen molar-refractivity contribution in [3.05, 3.63) is 71.0 Å². The molecule has 3 aromatic rings. The molecule has 0 aliphatic carbocycles. The summed E-state index contributed by atoms with van der Waals surface area (Å²) in [4.78, 5) is 15.3. The predicted molar refractivity (Wildman–Crippen MR) is 117 cm³/mol. The summed E-state index contributed by atoms with van der Waals surface area (Å²) in [6, 6.07) is 15.3. The average Bonchev–Trinajstić information content (AvgIpc) is 3.45. The predicted octanol–water partition coefficient (Wildman–Crippen LogP) is 2.86. The number of carbonyl (C=O) groups is 1. The zero-order chi connectivity index (χ0) is 21.6. The zero-order valence-corrected chi connectivity index (χ0v) is 18.1. The maximum absolute atomic E-state index is 13.1. The van der Waals surface area contributed by atoms with Crippen LogP contribution in [-0.4, -0.2) is 50.2 Å². The number of carbonyl (C=O) groups excluding carboxylic acids is 1. The number of nitrogens with one attached hydrogen (secondary N) is 1. The standard InChI is InChI=1S/C22H25ClN6O2/c1-2-31-19-9-7-16(8-10-19)13-28-14-18(29-15-25-26-27-29)11-21(28)22(30)24-12-17-5-3-4-6-20(17)23/h3-10,15,18,21H,2,11-14H2,1H3,(H,24,30)/t18-,21-/m0/s1. The molecule has 4 rings (SSSR count). The van der Waals surface area contributed by atoms with Crippen LogP contribution in [0.15, 0.2) is 54.9 Å². The molecule has 2 atom stereocenters. The maximum Gasteiger partial charge on any atom is 0.237 e. The highest BCUT2D eigenvalue weighted by molar-refractivity contribution is 6.31. The van der Waals surface area contributed by atoms with E-state index in [0.717, 1.165) is 16.9 Å². The minimum atomic E-state index is -0.289. The van der Waals surface area contributed by atoms with Gasteiger partial charge in [0.25, 0.3) is 0 Å². The van der Waals surface area contributed by atoms with Crippen molar-refractivity contribution in [3.8, 4) is 5.75 Å². The minimum Gasteiger partial charge on any atom is -0.494 e. The molecule has 1 N–H and O–H groups in total. The molecular formula is C22H25ClN6O2. The monoisotopic (exact) mass is 440 g/mol. The van der Waals surface area contributed by atoms with Crippen molar-refractivity contribution in [1.29, 1.82) is 0 Å². The Morgan fingerprint density at radius 2 is 2.03 bits per heavy atom. The number of rotatable bonds is 8. The molecule has 1 fully saturated rings. The Labute approximate surface area is 186 Å². The van der Waals surface area contributed by atoms with Gasteiger partial charge in [-0.05, 0) is 53.1 Å². The van der Waals surface area contributed by atoms with Crippen molar-refractivity contribution in [2.45, 2.75) is 38.5 Å². The Morgan fingerprint density at radius 1 is 1.23 bits per heavy atom. The van der Waals surface area contributed by atoms with E-state index in [1.807, 2.05) is 55.5 Å². The van der Waals surface area contributed by atoms with E-state index in [4.69, 9.17) is 16.3 Å². The molecule has 162 valence electrons. The van der Waals surface area contributed by atoms with Gasteiger partial charge in [0.1, 0.15) is 12.1 Å². The highest BCUT2D eigenvalue weighted by atomic mass is 35.5. The van der Waals surface area contributed by atoms with Crippen molar-refractivity contribution in [1.82, 2.24) is 30.4 Å². The van der Waals surface area contributed by atoms with Crippen LogP contribution in [0.1, 0.15) is 30.5 Å². The number of benzene rings is 2. The van der Waals surface area contributed by atoms with E-state index in [0.29, 0.717) is 37.7 Å². The number of aromatic nitrogens is 4. The summed E-state index contributed by atoms with van der Waals surface area (Å²) < 4.78 is 7.25. The summed E-state index contributed by atoms with van der Waals surface area (Å²) >= 11 is 6.23. The summed E-state index contributed by atoms with van der Waals surface area (Å²) in [5, 5.41) is 15.2. The summed E-state index contributed by atoms with van der Waals surface area (Å²) in [5.74, 6) is 0.815. The molecule has 1 aliphatic rings. The van der Waals surface area contributed by atoms with E-state index in [1.165, 1.54) is 0 Å². The van der Waals surface area contributed by atoms with Crippen LogP contribution < -0.4 is 10.1 Å². The van der Waals surface area contributed by atoms with E-state index in [1.54, 1.807) is 11.0 Å². The number of nitrogens with zero attached hydrogens (tertiary/aromatic N) is 5. The molecule has 1 amide bonds. The summed E-state index contributed by atoms with van der Waals surface area (Å²) in [6.45, 7) is 4.31. The van der Waals surface area contributed by atoms with Crippen LogP contribution >= 0.6 is 11.6 Å². The number of halogens is 1. The van der Waals surface area contributed by atoms with E-state index in [-0.39, 0.29) is 18.0 Å². The second kappa shape index (κ2) is 9.89. The van der Waals surface area contributed by atoms with Crippen LogP contribution in [0.2, 0.25) is 5.02 Å². The van der Waals surface area contributed by atoms with Crippen molar-refractivity contribution in [2.75, 3.05) is 13.2 Å². The van der Waals surface area contributed by atoms with E-state index >= 15 is 0 Å². The minimum absolute atomic E-state index is 0.0265. The second-order valence-corrected chi connectivity index (χ2v) is 7.92. The average molecular weight is 441 g/mol. The van der Waals surface area contributed by atoms with Crippen LogP contribution in [0, 0.1) is 0 Å². The van der Waals surface area contributed by atoms with Gasteiger partial charge in [-0.15, -0.1) is 5.10 Å². The second-order valence-electron chi connectivity index (χ2n) is 7.51. The zero-order valence-electron chi connectivity index (χ0n) is 17.3. The highest BCUT2D eigenvalue weighted by Gasteiger charge is 2.38. The van der Waals surface area contributed by atoms with Gasteiger partial charge < -0.3 is 10.1 Å². The lowest BCUT2D eigenvalue weighted by Gasteiger charge is -2.23. The molecule has 0 spiro atoms. The lowest BCUT2D eigenvalue weighted by atomic mass is 10.1. The van der Waals surface area contributed by atoms with Gasteiger partial charge in [-0.1, -0.05) is 41.9 Å². The van der Waals surface area contributed by atoms with Gasteiger partial charge in [-0.25, -0.2) is 4.68 Å². The first kappa shape index (κ1) is 21.3. The first-order valence-electron chi connectivity index (χ1n) is 10.3. The Hall–Kier alpha value is -2.97. The fourth-order valence-corrected chi connectivity index (χ4v) is 4.09. The Morgan fingerprint density at radius 3 is 2.74 bits per heavy atom. The van der Waals surface area contributed by atoms with Crippen molar-refractivity contribution < 1.29 is 9.53 Å². The number of tetrazole rings is 1. The van der Waals surface area contributed by atoms with Gasteiger partial charge in [0.05, 0.1) is 18.7 Å². The molecule has 0 unspecified atom stereocenters. The molecule has 31 heavy (non-hydrogen) atoms. The van der Waals surface area contributed by atoms with Crippen molar-refractivity contribution >= 4 is 17.5 Å². The Kier molecular flexibility index (Phi) is 6.79. The molecule has 1 aromatic heterocycles. The van der Waals surface area contributed by atoms with Gasteiger partial charge in [0.15, 0.2) is 0 Å². The van der Waals surface area contributed by atoms with Crippen LogP contribution in [-0.2, 0) is 17.9 Å².